The van der Waals surface area contributed by atoms with Crippen LogP contribution in [0.1, 0.15) is 30.0 Å². The van der Waals surface area contributed by atoms with Crippen molar-refractivity contribution in [3.05, 3.63) is 75.6 Å². The summed E-state index contributed by atoms with van der Waals surface area (Å²) < 4.78 is 11.1. The van der Waals surface area contributed by atoms with Crippen molar-refractivity contribution in [2.75, 3.05) is 0 Å². The zero-order valence-electron chi connectivity index (χ0n) is 13.4. The summed E-state index contributed by atoms with van der Waals surface area (Å²) in [5.74, 6) is 0.604. The lowest BCUT2D eigenvalue weighted by molar-refractivity contribution is 0.306. The van der Waals surface area contributed by atoms with Gasteiger partial charge in [-0.05, 0) is 30.2 Å². The predicted molar refractivity (Wildman–Crippen MR) is 92.0 cm³/mol. The molecule has 0 spiro atoms. The standard InChI is InChI=1S/C20H17NO3/c1-2-5-14-10-20(22)24-19-11-17(8-9-18(14)19)23-13-16-7-4-3-6-15(16)12-21/h3-4,6-11H,2,5,13H2,1H3. The lowest BCUT2D eigenvalue weighted by Crippen LogP contribution is -2.01. The van der Waals surface area contributed by atoms with Gasteiger partial charge in [0.05, 0.1) is 11.6 Å². The summed E-state index contributed by atoms with van der Waals surface area (Å²) >= 11 is 0. The number of nitriles is 1. The molecule has 3 aromatic rings. The number of fused-ring (bicyclic) bond motifs is 1. The average molecular weight is 319 g/mol. The first-order valence-corrected chi connectivity index (χ1v) is 7.89. The molecule has 0 aliphatic heterocycles. The fourth-order valence-electron chi connectivity index (χ4n) is 2.69. The molecule has 0 N–H and O–H groups in total. The molecule has 0 aliphatic rings. The van der Waals surface area contributed by atoms with Gasteiger partial charge in [0.15, 0.2) is 0 Å². The number of hydrogen-bond acceptors (Lipinski definition) is 4. The zero-order chi connectivity index (χ0) is 16.9. The minimum Gasteiger partial charge on any atom is -0.489 e. The largest absolute Gasteiger partial charge is 0.489 e. The Morgan fingerprint density at radius 3 is 2.75 bits per heavy atom. The lowest BCUT2D eigenvalue weighted by Gasteiger charge is -2.09. The Balaban J connectivity index is 1.89. The van der Waals surface area contributed by atoms with Crippen molar-refractivity contribution in [1.29, 1.82) is 5.26 Å². The van der Waals surface area contributed by atoms with Crippen molar-refractivity contribution in [3.63, 3.8) is 0 Å². The number of aryl methyl sites for hydroxylation is 1. The maximum Gasteiger partial charge on any atom is 0.336 e. The molecule has 1 aromatic heterocycles. The molecule has 0 unspecified atom stereocenters. The highest BCUT2D eigenvalue weighted by atomic mass is 16.5. The van der Waals surface area contributed by atoms with Crippen LogP contribution in [0.4, 0.5) is 0 Å². The highest BCUT2D eigenvalue weighted by Gasteiger charge is 2.08. The summed E-state index contributed by atoms with van der Waals surface area (Å²) in [6.07, 6.45) is 1.79. The average Bonchev–Trinajstić information content (AvgIpc) is 2.60. The number of rotatable bonds is 5. The Morgan fingerprint density at radius 2 is 1.96 bits per heavy atom. The zero-order valence-corrected chi connectivity index (χ0v) is 13.4. The van der Waals surface area contributed by atoms with Crippen molar-refractivity contribution in [1.82, 2.24) is 0 Å². The van der Waals surface area contributed by atoms with Gasteiger partial charge < -0.3 is 9.15 Å². The van der Waals surface area contributed by atoms with E-state index in [0.717, 1.165) is 29.4 Å². The Kier molecular flexibility index (Phi) is 4.62. The van der Waals surface area contributed by atoms with Crippen LogP contribution >= 0.6 is 0 Å². The Morgan fingerprint density at radius 1 is 1.12 bits per heavy atom. The third-order valence-electron chi connectivity index (χ3n) is 3.85. The van der Waals surface area contributed by atoms with Gasteiger partial charge in [0.25, 0.3) is 0 Å². The van der Waals surface area contributed by atoms with Crippen molar-refractivity contribution in [2.24, 2.45) is 0 Å². The maximum absolute atomic E-state index is 11.7. The number of ether oxygens (including phenoxy) is 1. The second-order valence-corrected chi connectivity index (χ2v) is 5.56. The molecule has 0 aliphatic carbocycles. The Bertz CT molecular complexity index is 967. The first kappa shape index (κ1) is 15.8. The number of hydrogen-bond donors (Lipinski definition) is 0. The van der Waals surface area contributed by atoms with Gasteiger partial charge in [-0.3, -0.25) is 0 Å². The van der Waals surface area contributed by atoms with Gasteiger partial charge in [-0.1, -0.05) is 31.5 Å². The topological polar surface area (TPSA) is 63.2 Å². The first-order valence-electron chi connectivity index (χ1n) is 7.89. The highest BCUT2D eigenvalue weighted by molar-refractivity contribution is 5.81. The smallest absolute Gasteiger partial charge is 0.336 e. The molecule has 0 bridgehead atoms. The third kappa shape index (κ3) is 3.31. The fourth-order valence-corrected chi connectivity index (χ4v) is 2.69. The second-order valence-electron chi connectivity index (χ2n) is 5.56. The van der Waals surface area contributed by atoms with Crippen LogP contribution in [0.2, 0.25) is 0 Å². The van der Waals surface area contributed by atoms with Crippen LogP contribution in [-0.4, -0.2) is 0 Å². The van der Waals surface area contributed by atoms with Crippen molar-refractivity contribution in [3.8, 4) is 11.8 Å². The van der Waals surface area contributed by atoms with E-state index in [9.17, 15) is 4.79 Å². The van der Waals surface area contributed by atoms with E-state index in [-0.39, 0.29) is 12.2 Å². The molecule has 0 saturated heterocycles. The quantitative estimate of drug-likeness (QED) is 0.661. The van der Waals surface area contributed by atoms with Gasteiger partial charge in [-0.15, -0.1) is 0 Å². The third-order valence-corrected chi connectivity index (χ3v) is 3.85. The Labute approximate surface area is 139 Å². The van der Waals surface area contributed by atoms with E-state index in [1.165, 1.54) is 0 Å². The highest BCUT2D eigenvalue weighted by Crippen LogP contribution is 2.24. The predicted octanol–water partition coefficient (Wildman–Crippen LogP) is 4.20. The molecule has 4 heteroatoms. The SMILES string of the molecule is CCCc1cc(=O)oc2cc(OCc3ccccc3C#N)ccc12. The van der Waals surface area contributed by atoms with Gasteiger partial charge in [0.2, 0.25) is 0 Å². The molecule has 0 atom stereocenters. The molecule has 24 heavy (non-hydrogen) atoms. The van der Waals surface area contributed by atoms with E-state index in [1.54, 1.807) is 18.2 Å². The molecule has 0 radical (unpaired) electrons. The van der Waals surface area contributed by atoms with Crippen LogP contribution < -0.4 is 10.4 Å². The van der Waals surface area contributed by atoms with Crippen LogP contribution in [0.5, 0.6) is 5.75 Å². The van der Waals surface area contributed by atoms with Crippen LogP contribution in [0.25, 0.3) is 11.0 Å². The molecular weight excluding hydrogens is 302 g/mol. The van der Waals surface area contributed by atoms with Gasteiger partial charge in [-0.25, -0.2) is 4.79 Å². The maximum atomic E-state index is 11.7. The van der Waals surface area contributed by atoms with Gasteiger partial charge in [0.1, 0.15) is 17.9 Å². The van der Waals surface area contributed by atoms with E-state index in [4.69, 9.17) is 14.4 Å². The molecule has 0 saturated carbocycles. The molecule has 120 valence electrons. The van der Waals surface area contributed by atoms with Crippen LogP contribution in [0.15, 0.2) is 57.7 Å². The number of nitrogens with zero attached hydrogens (tertiary/aromatic N) is 1. The fraction of sp³-hybridized carbons (Fsp3) is 0.200. The molecule has 4 nitrogen and oxygen atoms in total. The summed E-state index contributed by atoms with van der Waals surface area (Å²) in [4.78, 5) is 11.7. The first-order chi connectivity index (χ1) is 11.7. The van der Waals surface area contributed by atoms with E-state index in [0.29, 0.717) is 16.9 Å². The van der Waals surface area contributed by atoms with E-state index in [1.807, 2.05) is 30.3 Å². The normalized spacial score (nSPS) is 10.5. The van der Waals surface area contributed by atoms with E-state index < -0.39 is 0 Å². The monoisotopic (exact) mass is 319 g/mol. The summed E-state index contributed by atoms with van der Waals surface area (Å²) in [5.41, 5.74) is 2.58. The van der Waals surface area contributed by atoms with Crippen LogP contribution in [-0.2, 0) is 13.0 Å². The molecular formula is C20H17NO3. The molecule has 1 heterocycles. The lowest BCUT2D eigenvalue weighted by atomic mass is 10.1. The summed E-state index contributed by atoms with van der Waals surface area (Å²) in [6.45, 7) is 2.36. The van der Waals surface area contributed by atoms with E-state index in [2.05, 4.69) is 13.0 Å². The van der Waals surface area contributed by atoms with Crippen LogP contribution in [0, 0.1) is 11.3 Å². The van der Waals surface area contributed by atoms with Crippen molar-refractivity contribution in [2.45, 2.75) is 26.4 Å². The Hall–Kier alpha value is -3.06. The second kappa shape index (κ2) is 7.01. The van der Waals surface area contributed by atoms with Crippen molar-refractivity contribution >= 4 is 11.0 Å². The van der Waals surface area contributed by atoms with Gasteiger partial charge >= 0.3 is 5.63 Å². The molecule has 2 aromatic carbocycles. The number of benzene rings is 2. The summed E-state index contributed by atoms with van der Waals surface area (Å²) in [6, 6.07) is 16.5. The minimum absolute atomic E-state index is 0.286. The summed E-state index contributed by atoms with van der Waals surface area (Å²) in [7, 11) is 0. The molecule has 0 fully saturated rings. The molecule has 3 rings (SSSR count). The minimum atomic E-state index is -0.349. The van der Waals surface area contributed by atoms with Crippen LogP contribution in [0.3, 0.4) is 0 Å². The summed E-state index contributed by atoms with van der Waals surface area (Å²) in [5, 5.41) is 10.0. The van der Waals surface area contributed by atoms with Gasteiger partial charge in [-0.2, -0.15) is 5.26 Å². The van der Waals surface area contributed by atoms with E-state index >= 15 is 0 Å². The van der Waals surface area contributed by atoms with Crippen molar-refractivity contribution < 1.29 is 9.15 Å². The molecule has 0 amide bonds. The van der Waals surface area contributed by atoms with Gasteiger partial charge in [0, 0.05) is 23.1 Å².